The quantitative estimate of drug-likeness (QED) is 0.731. The van der Waals surface area contributed by atoms with E-state index in [1.807, 2.05) is 36.4 Å². The Labute approximate surface area is 142 Å². The fourth-order valence-electron chi connectivity index (χ4n) is 2.58. The lowest BCUT2D eigenvalue weighted by Crippen LogP contribution is -2.34. The molecule has 1 aliphatic heterocycles. The average Bonchev–Trinajstić information content (AvgIpc) is 3.08. The number of ether oxygens (including phenoxy) is 2. The first-order valence-electron chi connectivity index (χ1n) is 8.21. The van der Waals surface area contributed by atoms with Crippen LogP contribution in [0.3, 0.4) is 0 Å². The number of nitrogens with one attached hydrogen (secondary N) is 2. The van der Waals surface area contributed by atoms with Gasteiger partial charge < -0.3 is 20.1 Å². The standard InChI is InChI=1S/C19H22N2O3/c22-19(13-20-10-4-7-15-5-2-1-3-6-15)21-12-16-8-9-17-18(11-16)24-14-23-17/h1-3,5-6,8-9,11,20H,4,7,10,12-14H2,(H,21,22). The van der Waals surface area contributed by atoms with E-state index < -0.39 is 0 Å². The van der Waals surface area contributed by atoms with Crippen molar-refractivity contribution in [1.29, 1.82) is 0 Å². The van der Waals surface area contributed by atoms with Crippen LogP contribution in [0.4, 0.5) is 0 Å². The molecule has 126 valence electrons. The van der Waals surface area contributed by atoms with Crippen molar-refractivity contribution in [3.05, 3.63) is 59.7 Å². The first-order chi connectivity index (χ1) is 11.8. The molecule has 3 rings (SSSR count). The third kappa shape index (κ3) is 4.73. The van der Waals surface area contributed by atoms with Gasteiger partial charge in [-0.3, -0.25) is 4.79 Å². The van der Waals surface area contributed by atoms with Gasteiger partial charge in [-0.1, -0.05) is 36.4 Å². The number of benzene rings is 2. The molecule has 5 heteroatoms. The first-order valence-corrected chi connectivity index (χ1v) is 8.21. The van der Waals surface area contributed by atoms with Crippen LogP contribution in [0.5, 0.6) is 11.5 Å². The summed E-state index contributed by atoms with van der Waals surface area (Å²) in [6.45, 7) is 1.91. The van der Waals surface area contributed by atoms with Gasteiger partial charge in [0.2, 0.25) is 12.7 Å². The number of amides is 1. The minimum atomic E-state index is -0.00706. The lowest BCUT2D eigenvalue weighted by atomic mass is 10.1. The van der Waals surface area contributed by atoms with Crippen molar-refractivity contribution in [3.63, 3.8) is 0 Å². The average molecular weight is 326 g/mol. The molecule has 0 bridgehead atoms. The highest BCUT2D eigenvalue weighted by atomic mass is 16.7. The summed E-state index contributed by atoms with van der Waals surface area (Å²) in [5.74, 6) is 1.48. The Morgan fingerprint density at radius 2 is 1.83 bits per heavy atom. The maximum absolute atomic E-state index is 11.9. The summed E-state index contributed by atoms with van der Waals surface area (Å²) < 4.78 is 10.6. The molecule has 0 aromatic heterocycles. The van der Waals surface area contributed by atoms with Crippen LogP contribution in [0.2, 0.25) is 0 Å². The van der Waals surface area contributed by atoms with Crippen molar-refractivity contribution in [2.75, 3.05) is 19.9 Å². The van der Waals surface area contributed by atoms with E-state index in [9.17, 15) is 4.79 Å². The summed E-state index contributed by atoms with van der Waals surface area (Å²) in [6.07, 6.45) is 2.03. The van der Waals surface area contributed by atoms with Crippen molar-refractivity contribution in [2.45, 2.75) is 19.4 Å². The molecule has 0 aliphatic carbocycles. The van der Waals surface area contributed by atoms with Crippen molar-refractivity contribution < 1.29 is 14.3 Å². The molecular weight excluding hydrogens is 304 g/mol. The Morgan fingerprint density at radius 3 is 2.71 bits per heavy atom. The number of hydrogen-bond acceptors (Lipinski definition) is 4. The van der Waals surface area contributed by atoms with Crippen LogP contribution in [-0.4, -0.2) is 25.8 Å². The van der Waals surface area contributed by atoms with Crippen LogP contribution in [0.25, 0.3) is 0 Å². The molecule has 0 radical (unpaired) electrons. The van der Waals surface area contributed by atoms with Crippen LogP contribution in [0.1, 0.15) is 17.5 Å². The maximum Gasteiger partial charge on any atom is 0.234 e. The summed E-state index contributed by atoms with van der Waals surface area (Å²) in [5.41, 5.74) is 2.32. The number of carbonyl (C=O) groups is 1. The highest BCUT2D eigenvalue weighted by molar-refractivity contribution is 5.78. The van der Waals surface area contributed by atoms with E-state index >= 15 is 0 Å². The first kappa shape index (κ1) is 16.3. The molecule has 5 nitrogen and oxygen atoms in total. The third-order valence-corrected chi connectivity index (χ3v) is 3.87. The summed E-state index contributed by atoms with van der Waals surface area (Å²) >= 11 is 0. The van der Waals surface area contributed by atoms with Crippen LogP contribution in [0.15, 0.2) is 48.5 Å². The molecule has 2 N–H and O–H groups in total. The molecule has 0 fully saturated rings. The Balaban J connectivity index is 1.30. The SMILES string of the molecule is O=C(CNCCCc1ccccc1)NCc1ccc2c(c1)OCO2. The van der Waals surface area contributed by atoms with E-state index in [2.05, 4.69) is 22.8 Å². The highest BCUT2D eigenvalue weighted by Crippen LogP contribution is 2.32. The van der Waals surface area contributed by atoms with Crippen LogP contribution in [-0.2, 0) is 17.8 Å². The zero-order chi connectivity index (χ0) is 16.6. The summed E-state index contributed by atoms with van der Waals surface area (Å²) in [7, 11) is 0. The Kier molecular flexibility index (Phi) is 5.69. The van der Waals surface area contributed by atoms with Crippen LogP contribution in [0, 0.1) is 0 Å². The van der Waals surface area contributed by atoms with E-state index in [4.69, 9.17) is 9.47 Å². The van der Waals surface area contributed by atoms with E-state index in [1.54, 1.807) is 0 Å². The van der Waals surface area contributed by atoms with E-state index in [1.165, 1.54) is 5.56 Å². The zero-order valence-corrected chi connectivity index (χ0v) is 13.6. The second-order valence-electron chi connectivity index (χ2n) is 5.73. The largest absolute Gasteiger partial charge is 0.454 e. The molecule has 2 aromatic carbocycles. The molecular formula is C19H22N2O3. The predicted molar refractivity (Wildman–Crippen MR) is 92.0 cm³/mol. The van der Waals surface area contributed by atoms with Crippen LogP contribution >= 0.6 is 0 Å². The van der Waals surface area contributed by atoms with Crippen molar-refractivity contribution in [3.8, 4) is 11.5 Å². The van der Waals surface area contributed by atoms with Gasteiger partial charge in [0.1, 0.15) is 0 Å². The summed E-state index contributed by atoms with van der Waals surface area (Å²) in [6, 6.07) is 16.1. The number of hydrogen-bond donors (Lipinski definition) is 2. The Bertz CT molecular complexity index is 674. The lowest BCUT2D eigenvalue weighted by molar-refractivity contribution is -0.120. The lowest BCUT2D eigenvalue weighted by Gasteiger charge is -2.07. The predicted octanol–water partition coefficient (Wildman–Crippen LogP) is 2.25. The highest BCUT2D eigenvalue weighted by Gasteiger charge is 2.13. The molecule has 0 saturated heterocycles. The second kappa shape index (κ2) is 8.36. The number of fused-ring (bicyclic) bond motifs is 1. The Morgan fingerprint density at radius 1 is 1.00 bits per heavy atom. The zero-order valence-electron chi connectivity index (χ0n) is 13.6. The second-order valence-corrected chi connectivity index (χ2v) is 5.73. The van der Waals surface area contributed by atoms with Gasteiger partial charge in [0.05, 0.1) is 6.54 Å². The maximum atomic E-state index is 11.9. The molecule has 24 heavy (non-hydrogen) atoms. The molecule has 0 atom stereocenters. The summed E-state index contributed by atoms with van der Waals surface area (Å²) in [4.78, 5) is 11.9. The van der Waals surface area contributed by atoms with Gasteiger partial charge >= 0.3 is 0 Å². The van der Waals surface area contributed by atoms with Gasteiger partial charge in [-0.05, 0) is 42.6 Å². The molecule has 2 aromatic rings. The van der Waals surface area contributed by atoms with Crippen molar-refractivity contribution in [1.82, 2.24) is 10.6 Å². The van der Waals surface area contributed by atoms with Gasteiger partial charge in [-0.25, -0.2) is 0 Å². The van der Waals surface area contributed by atoms with Gasteiger partial charge in [0.15, 0.2) is 11.5 Å². The van der Waals surface area contributed by atoms with Crippen LogP contribution < -0.4 is 20.1 Å². The molecule has 1 aliphatic rings. The van der Waals surface area contributed by atoms with Gasteiger partial charge in [-0.15, -0.1) is 0 Å². The molecule has 0 unspecified atom stereocenters. The molecule has 0 spiro atoms. The van der Waals surface area contributed by atoms with Crippen molar-refractivity contribution in [2.24, 2.45) is 0 Å². The molecule has 0 saturated carbocycles. The Hall–Kier alpha value is -2.53. The van der Waals surface area contributed by atoms with Gasteiger partial charge in [0, 0.05) is 6.54 Å². The smallest absolute Gasteiger partial charge is 0.234 e. The van der Waals surface area contributed by atoms with Gasteiger partial charge in [0.25, 0.3) is 0 Å². The fourth-order valence-corrected chi connectivity index (χ4v) is 2.58. The number of aryl methyl sites for hydroxylation is 1. The van der Waals surface area contributed by atoms with E-state index in [0.29, 0.717) is 13.1 Å². The summed E-state index contributed by atoms with van der Waals surface area (Å²) in [5, 5.41) is 6.08. The normalized spacial score (nSPS) is 12.2. The minimum Gasteiger partial charge on any atom is -0.454 e. The molecule has 1 heterocycles. The van der Waals surface area contributed by atoms with Crippen molar-refractivity contribution >= 4 is 5.91 Å². The fraction of sp³-hybridized carbons (Fsp3) is 0.316. The monoisotopic (exact) mass is 326 g/mol. The minimum absolute atomic E-state index is 0.00706. The molecule has 1 amide bonds. The number of rotatable bonds is 8. The topological polar surface area (TPSA) is 59.6 Å². The van der Waals surface area contributed by atoms with E-state index in [0.717, 1.165) is 36.4 Å². The third-order valence-electron chi connectivity index (χ3n) is 3.87. The number of carbonyl (C=O) groups excluding carboxylic acids is 1. The van der Waals surface area contributed by atoms with E-state index in [-0.39, 0.29) is 12.7 Å². The van der Waals surface area contributed by atoms with Gasteiger partial charge in [-0.2, -0.15) is 0 Å².